The molecule has 0 bridgehead atoms. The first-order chi connectivity index (χ1) is 12.6. The van der Waals surface area contributed by atoms with E-state index < -0.39 is 0 Å². The van der Waals surface area contributed by atoms with E-state index in [1.165, 1.54) is 0 Å². The van der Waals surface area contributed by atoms with E-state index in [-0.39, 0.29) is 11.9 Å². The molecular weight excluding hydrogens is 330 g/mol. The van der Waals surface area contributed by atoms with Gasteiger partial charge in [-0.2, -0.15) is 0 Å². The van der Waals surface area contributed by atoms with Crippen LogP contribution in [0.5, 0.6) is 17.4 Å². The monoisotopic (exact) mass is 357 g/mol. The molecule has 0 spiro atoms. The van der Waals surface area contributed by atoms with Crippen LogP contribution < -0.4 is 20.5 Å². The van der Waals surface area contributed by atoms with Gasteiger partial charge in [0.2, 0.25) is 11.8 Å². The van der Waals surface area contributed by atoms with Crippen LogP contribution in [0.2, 0.25) is 0 Å². The van der Waals surface area contributed by atoms with Gasteiger partial charge in [0, 0.05) is 30.8 Å². The number of nitrogens with one attached hydrogen (secondary N) is 1. The maximum atomic E-state index is 11.9. The number of aromatic nitrogens is 1. The van der Waals surface area contributed by atoms with Crippen molar-refractivity contribution in [3.8, 4) is 17.4 Å². The highest BCUT2D eigenvalue weighted by molar-refractivity contribution is 5.75. The van der Waals surface area contributed by atoms with Crippen LogP contribution in [0.4, 0.5) is 0 Å². The zero-order chi connectivity index (χ0) is 18.8. The molecule has 3 N–H and O–H groups in total. The summed E-state index contributed by atoms with van der Waals surface area (Å²) in [4.78, 5) is 16.1. The lowest BCUT2D eigenvalue weighted by Crippen LogP contribution is -2.25. The summed E-state index contributed by atoms with van der Waals surface area (Å²) in [6.07, 6.45) is 3.70. The molecule has 6 nitrogen and oxygen atoms in total. The van der Waals surface area contributed by atoms with Crippen molar-refractivity contribution in [1.29, 1.82) is 0 Å². The minimum Gasteiger partial charge on any atom is -0.494 e. The average Bonchev–Trinajstić information content (AvgIpc) is 2.65. The van der Waals surface area contributed by atoms with Crippen molar-refractivity contribution in [1.82, 2.24) is 10.3 Å². The van der Waals surface area contributed by atoms with Crippen molar-refractivity contribution in [3.63, 3.8) is 0 Å². The van der Waals surface area contributed by atoms with E-state index in [1.807, 2.05) is 43.3 Å². The molecule has 1 amide bonds. The molecule has 1 atom stereocenters. The Balaban J connectivity index is 1.94. The maximum absolute atomic E-state index is 11.9. The van der Waals surface area contributed by atoms with E-state index in [4.69, 9.17) is 15.2 Å². The summed E-state index contributed by atoms with van der Waals surface area (Å²) in [6.45, 7) is 5.00. The molecule has 140 valence electrons. The summed E-state index contributed by atoms with van der Waals surface area (Å²) in [5.74, 6) is 1.91. The molecule has 6 heteroatoms. The Hall–Kier alpha value is -2.60. The van der Waals surface area contributed by atoms with E-state index in [9.17, 15) is 4.79 Å². The third-order valence-electron chi connectivity index (χ3n) is 3.66. The number of rotatable bonds is 10. The Morgan fingerprint density at radius 3 is 2.65 bits per heavy atom. The first kappa shape index (κ1) is 19.7. The van der Waals surface area contributed by atoms with Gasteiger partial charge in [0.15, 0.2) is 0 Å². The number of amides is 1. The van der Waals surface area contributed by atoms with Crippen LogP contribution in [0.15, 0.2) is 42.6 Å². The first-order valence-corrected chi connectivity index (χ1v) is 8.95. The molecule has 2 rings (SSSR count). The Labute approximate surface area is 154 Å². The molecule has 1 aromatic carbocycles. The number of carbonyl (C=O) groups excluding carboxylic acids is 1. The lowest BCUT2D eigenvalue weighted by Gasteiger charge is -2.12. The molecule has 1 aromatic heterocycles. The fraction of sp³-hybridized carbons (Fsp3) is 0.400. The number of hydrogen-bond acceptors (Lipinski definition) is 5. The van der Waals surface area contributed by atoms with E-state index in [0.29, 0.717) is 37.6 Å². The van der Waals surface area contributed by atoms with Crippen LogP contribution in [0.3, 0.4) is 0 Å². The van der Waals surface area contributed by atoms with Gasteiger partial charge in [-0.25, -0.2) is 4.98 Å². The number of hydrogen-bond donors (Lipinski definition) is 2. The van der Waals surface area contributed by atoms with Gasteiger partial charge >= 0.3 is 0 Å². The quantitative estimate of drug-likeness (QED) is 0.680. The number of benzene rings is 1. The Bertz CT molecular complexity index is 687. The maximum Gasteiger partial charge on any atom is 0.224 e. The molecule has 0 aliphatic rings. The van der Waals surface area contributed by atoms with E-state index in [2.05, 4.69) is 17.2 Å². The van der Waals surface area contributed by atoms with E-state index in [0.717, 1.165) is 17.7 Å². The molecule has 26 heavy (non-hydrogen) atoms. The number of ether oxygens (including phenoxy) is 2. The van der Waals surface area contributed by atoms with Crippen molar-refractivity contribution in [3.05, 3.63) is 48.2 Å². The molecule has 0 aliphatic carbocycles. The van der Waals surface area contributed by atoms with Gasteiger partial charge in [0.05, 0.1) is 6.61 Å². The highest BCUT2D eigenvalue weighted by Gasteiger charge is 2.09. The predicted molar refractivity (Wildman–Crippen MR) is 101 cm³/mol. The molecule has 0 saturated carbocycles. The highest BCUT2D eigenvalue weighted by Crippen LogP contribution is 2.25. The second kappa shape index (κ2) is 10.4. The molecule has 0 aliphatic heterocycles. The normalized spacial score (nSPS) is 11.7. The molecule has 0 fully saturated rings. The summed E-state index contributed by atoms with van der Waals surface area (Å²) in [5.41, 5.74) is 6.49. The smallest absolute Gasteiger partial charge is 0.224 e. The van der Waals surface area contributed by atoms with Crippen molar-refractivity contribution < 1.29 is 14.3 Å². The number of carbonyl (C=O) groups is 1. The molecular formula is C20H27N3O3. The minimum atomic E-state index is -0.0328. The standard InChI is InChI=1S/C20H27N3O3/c1-3-13-25-17-7-9-18(10-8-17)26-20-16(5-4-12-22-20)14-23-19(24)11-6-15(2)21/h4-5,7-10,12,15H,3,6,11,13-14,21H2,1-2H3,(H,23,24). The second-order valence-corrected chi connectivity index (χ2v) is 6.18. The van der Waals surface area contributed by atoms with Crippen LogP contribution in [0.25, 0.3) is 0 Å². The Morgan fingerprint density at radius 1 is 1.23 bits per heavy atom. The highest BCUT2D eigenvalue weighted by atomic mass is 16.5. The topological polar surface area (TPSA) is 86.5 Å². The van der Waals surface area contributed by atoms with Gasteiger partial charge < -0.3 is 20.5 Å². The first-order valence-electron chi connectivity index (χ1n) is 8.95. The van der Waals surface area contributed by atoms with E-state index in [1.54, 1.807) is 6.20 Å². The zero-order valence-electron chi connectivity index (χ0n) is 15.4. The van der Waals surface area contributed by atoms with Crippen LogP contribution in [0, 0.1) is 0 Å². The fourth-order valence-corrected chi connectivity index (χ4v) is 2.23. The van der Waals surface area contributed by atoms with Gasteiger partial charge in [-0.05, 0) is 50.1 Å². The second-order valence-electron chi connectivity index (χ2n) is 6.18. The lowest BCUT2D eigenvalue weighted by molar-refractivity contribution is -0.121. The number of nitrogens with two attached hydrogens (primary N) is 1. The summed E-state index contributed by atoms with van der Waals surface area (Å²) in [7, 11) is 0. The van der Waals surface area contributed by atoms with Crippen LogP contribution in [-0.2, 0) is 11.3 Å². The molecule has 2 aromatic rings. The van der Waals surface area contributed by atoms with Crippen LogP contribution in [0.1, 0.15) is 38.7 Å². The summed E-state index contributed by atoms with van der Waals surface area (Å²) < 4.78 is 11.4. The van der Waals surface area contributed by atoms with Gasteiger partial charge in [-0.3, -0.25) is 4.79 Å². The SMILES string of the molecule is CCCOc1ccc(Oc2ncccc2CNC(=O)CCC(C)N)cc1. The third kappa shape index (κ3) is 6.72. The minimum absolute atomic E-state index is 0.0160. The summed E-state index contributed by atoms with van der Waals surface area (Å²) in [6, 6.07) is 11.1. The molecule has 1 heterocycles. The van der Waals surface area contributed by atoms with Gasteiger partial charge in [0.1, 0.15) is 11.5 Å². The van der Waals surface area contributed by atoms with Crippen molar-refractivity contribution >= 4 is 5.91 Å². The summed E-state index contributed by atoms with van der Waals surface area (Å²) in [5, 5.41) is 2.88. The summed E-state index contributed by atoms with van der Waals surface area (Å²) >= 11 is 0. The average molecular weight is 357 g/mol. The van der Waals surface area contributed by atoms with Gasteiger partial charge in [-0.15, -0.1) is 0 Å². The van der Waals surface area contributed by atoms with Crippen LogP contribution >= 0.6 is 0 Å². The molecule has 0 radical (unpaired) electrons. The lowest BCUT2D eigenvalue weighted by atomic mass is 10.2. The van der Waals surface area contributed by atoms with Gasteiger partial charge in [-0.1, -0.05) is 13.0 Å². The van der Waals surface area contributed by atoms with Crippen molar-refractivity contribution in [2.24, 2.45) is 5.73 Å². The molecule has 0 saturated heterocycles. The largest absolute Gasteiger partial charge is 0.494 e. The van der Waals surface area contributed by atoms with Crippen molar-refractivity contribution in [2.45, 2.75) is 45.7 Å². The Morgan fingerprint density at radius 2 is 1.96 bits per heavy atom. The molecule has 1 unspecified atom stereocenters. The van der Waals surface area contributed by atoms with Crippen LogP contribution in [-0.4, -0.2) is 23.5 Å². The number of pyridine rings is 1. The van der Waals surface area contributed by atoms with Gasteiger partial charge in [0.25, 0.3) is 0 Å². The third-order valence-corrected chi connectivity index (χ3v) is 3.66. The van der Waals surface area contributed by atoms with E-state index >= 15 is 0 Å². The Kier molecular flexibility index (Phi) is 7.89. The van der Waals surface area contributed by atoms with Crippen molar-refractivity contribution in [2.75, 3.05) is 6.61 Å². The fourth-order valence-electron chi connectivity index (χ4n) is 2.23. The predicted octanol–water partition coefficient (Wildman–Crippen LogP) is 3.41. The zero-order valence-corrected chi connectivity index (χ0v) is 15.4. The number of nitrogens with zero attached hydrogens (tertiary/aromatic N) is 1.